The predicted molar refractivity (Wildman–Crippen MR) is 126 cm³/mol. The zero-order valence-corrected chi connectivity index (χ0v) is 18.8. The summed E-state index contributed by atoms with van der Waals surface area (Å²) >= 11 is 0. The van der Waals surface area contributed by atoms with Gasteiger partial charge in [-0.1, -0.05) is 148 Å². The minimum atomic E-state index is 1.12. The van der Waals surface area contributed by atoms with E-state index in [9.17, 15) is 0 Å². The van der Waals surface area contributed by atoms with E-state index in [-0.39, 0.29) is 0 Å². The van der Waals surface area contributed by atoms with Crippen LogP contribution < -0.4 is 0 Å². The zero-order valence-electron chi connectivity index (χ0n) is 18.8. The summed E-state index contributed by atoms with van der Waals surface area (Å²) in [7, 11) is 0. The van der Waals surface area contributed by atoms with E-state index in [1.54, 1.807) is 0 Å². The summed E-state index contributed by atoms with van der Waals surface area (Å²) in [5.41, 5.74) is 0. The maximum absolute atomic E-state index is 3.91. The van der Waals surface area contributed by atoms with Gasteiger partial charge >= 0.3 is 0 Å². The molecule has 0 aromatic carbocycles. The molecule has 0 amide bonds. The van der Waals surface area contributed by atoms with Gasteiger partial charge < -0.3 is 0 Å². The molecule has 0 atom stereocenters. The number of hydrogen-bond donors (Lipinski definition) is 0. The molecule has 0 rings (SSSR count). The molecule has 0 spiro atoms. The molecule has 0 saturated carbocycles. The van der Waals surface area contributed by atoms with Gasteiger partial charge in [-0.25, -0.2) is 0 Å². The monoisotopic (exact) mass is 376 g/mol. The summed E-state index contributed by atoms with van der Waals surface area (Å²) in [5, 5.41) is 0. The third kappa shape index (κ3) is 25.7. The molecule has 0 N–H and O–H groups in total. The molecule has 0 fully saturated rings. The van der Waals surface area contributed by atoms with Crippen LogP contribution in [0.15, 0.2) is 12.2 Å². The molecule has 0 aliphatic rings. The highest BCUT2D eigenvalue weighted by molar-refractivity contribution is 4.81. The van der Waals surface area contributed by atoms with Crippen molar-refractivity contribution in [3.05, 3.63) is 26.0 Å². The van der Waals surface area contributed by atoms with Crippen molar-refractivity contribution >= 4 is 0 Å². The molecule has 160 valence electrons. The normalized spacial score (nSPS) is 11.6. The largest absolute Gasteiger partial charge is 0.0885 e. The molecular formula is C27H52. The van der Waals surface area contributed by atoms with E-state index in [2.05, 4.69) is 26.0 Å². The van der Waals surface area contributed by atoms with Crippen LogP contribution in [-0.2, 0) is 0 Å². The van der Waals surface area contributed by atoms with Crippen LogP contribution in [0.1, 0.15) is 148 Å². The van der Waals surface area contributed by atoms with Crippen molar-refractivity contribution in [2.45, 2.75) is 148 Å². The Bertz CT molecular complexity index is 265. The lowest BCUT2D eigenvalue weighted by molar-refractivity contribution is 0.547. The van der Waals surface area contributed by atoms with Crippen LogP contribution in [-0.4, -0.2) is 0 Å². The molecule has 2 radical (unpaired) electrons. The first-order valence-corrected chi connectivity index (χ1v) is 12.6. The molecule has 0 nitrogen and oxygen atoms in total. The Hall–Kier alpha value is -0.260. The van der Waals surface area contributed by atoms with Crippen LogP contribution in [0.4, 0.5) is 0 Å². The second-order valence-electron chi connectivity index (χ2n) is 8.47. The first-order chi connectivity index (χ1) is 13.4. The predicted octanol–water partition coefficient (Wildman–Crippen LogP) is 10.2. The molecule has 0 aromatic rings. The Kier molecular flexibility index (Phi) is 25.5. The van der Waals surface area contributed by atoms with Gasteiger partial charge in [0.15, 0.2) is 0 Å². The second-order valence-corrected chi connectivity index (χ2v) is 8.47. The lowest BCUT2D eigenvalue weighted by atomic mass is 10.0. The van der Waals surface area contributed by atoms with Gasteiger partial charge in [0.2, 0.25) is 0 Å². The topological polar surface area (TPSA) is 0 Å². The molecule has 0 heterocycles. The van der Waals surface area contributed by atoms with Crippen molar-refractivity contribution < 1.29 is 0 Å². The van der Waals surface area contributed by atoms with Gasteiger partial charge in [-0.3, -0.25) is 0 Å². The molecular weight excluding hydrogens is 324 g/mol. The van der Waals surface area contributed by atoms with E-state index in [0.717, 1.165) is 12.8 Å². The first kappa shape index (κ1) is 26.7. The van der Waals surface area contributed by atoms with Gasteiger partial charge in [0, 0.05) is 0 Å². The van der Waals surface area contributed by atoms with Crippen LogP contribution in [0.5, 0.6) is 0 Å². The van der Waals surface area contributed by atoms with Gasteiger partial charge in [0.05, 0.1) is 0 Å². The molecule has 0 aliphatic carbocycles. The fraction of sp³-hybridized carbons (Fsp3) is 0.852. The Labute approximate surface area is 174 Å². The second kappa shape index (κ2) is 25.7. The molecule has 0 aromatic heterocycles. The van der Waals surface area contributed by atoms with E-state index in [0.29, 0.717) is 0 Å². The summed E-state index contributed by atoms with van der Waals surface area (Å²) in [6.45, 7) is 7.81. The van der Waals surface area contributed by atoms with Gasteiger partial charge in [-0.15, -0.1) is 0 Å². The molecule has 27 heavy (non-hydrogen) atoms. The summed E-state index contributed by atoms with van der Waals surface area (Å²) in [4.78, 5) is 0. The standard InChI is InChI=1S/C27H52/c1-3-5-7-9-11-13-15-17-19-21-23-25-27-26-24-22-20-18-16-14-12-10-8-6-4-2/h23,25H,1-22,24,26-27H2/b25-23+. The highest BCUT2D eigenvalue weighted by Gasteiger charge is 1.93. The number of rotatable bonds is 23. The van der Waals surface area contributed by atoms with Gasteiger partial charge in [-0.2, -0.15) is 0 Å². The van der Waals surface area contributed by atoms with Crippen molar-refractivity contribution in [1.82, 2.24) is 0 Å². The van der Waals surface area contributed by atoms with Crippen LogP contribution in [0.2, 0.25) is 0 Å². The van der Waals surface area contributed by atoms with E-state index in [1.807, 2.05) is 0 Å². The van der Waals surface area contributed by atoms with Crippen molar-refractivity contribution in [3.8, 4) is 0 Å². The van der Waals surface area contributed by atoms with Crippen molar-refractivity contribution in [1.29, 1.82) is 0 Å². The number of allylic oxidation sites excluding steroid dienone is 2. The maximum Gasteiger partial charge on any atom is -0.0351 e. The molecule has 0 heteroatoms. The zero-order chi connectivity index (χ0) is 19.7. The third-order valence-electron chi connectivity index (χ3n) is 5.66. The van der Waals surface area contributed by atoms with Gasteiger partial charge in [0.25, 0.3) is 0 Å². The third-order valence-corrected chi connectivity index (χ3v) is 5.66. The first-order valence-electron chi connectivity index (χ1n) is 12.6. The van der Waals surface area contributed by atoms with E-state index >= 15 is 0 Å². The van der Waals surface area contributed by atoms with E-state index in [1.165, 1.54) is 135 Å². The SMILES string of the molecule is [CH2]CCCCCCCCCC/C=C/CCCCCCCCCCCCC[CH2]. The van der Waals surface area contributed by atoms with Crippen molar-refractivity contribution in [2.75, 3.05) is 0 Å². The Morgan fingerprint density at radius 1 is 0.296 bits per heavy atom. The summed E-state index contributed by atoms with van der Waals surface area (Å²) in [5.74, 6) is 0. The summed E-state index contributed by atoms with van der Waals surface area (Å²) in [6, 6.07) is 0. The van der Waals surface area contributed by atoms with E-state index in [4.69, 9.17) is 0 Å². The van der Waals surface area contributed by atoms with Crippen LogP contribution >= 0.6 is 0 Å². The van der Waals surface area contributed by atoms with Gasteiger partial charge in [0.1, 0.15) is 0 Å². The highest BCUT2D eigenvalue weighted by atomic mass is 14.0. The van der Waals surface area contributed by atoms with Crippen LogP contribution in [0.3, 0.4) is 0 Å². The molecule has 0 unspecified atom stereocenters. The molecule has 0 bridgehead atoms. The fourth-order valence-electron chi connectivity index (χ4n) is 3.77. The lowest BCUT2D eigenvalue weighted by Crippen LogP contribution is -1.82. The molecule has 0 aliphatic heterocycles. The fourth-order valence-corrected chi connectivity index (χ4v) is 3.77. The number of unbranched alkanes of at least 4 members (excludes halogenated alkanes) is 21. The average Bonchev–Trinajstić information content (AvgIpc) is 2.68. The minimum absolute atomic E-state index is 1.12. The van der Waals surface area contributed by atoms with Crippen LogP contribution in [0, 0.1) is 13.8 Å². The lowest BCUT2D eigenvalue weighted by Gasteiger charge is -2.02. The molecule has 0 saturated heterocycles. The quantitative estimate of drug-likeness (QED) is 0.123. The summed E-state index contributed by atoms with van der Waals surface area (Å²) < 4.78 is 0. The van der Waals surface area contributed by atoms with Crippen LogP contribution in [0.25, 0.3) is 0 Å². The Balaban J connectivity index is 3.05. The average molecular weight is 377 g/mol. The van der Waals surface area contributed by atoms with Crippen molar-refractivity contribution in [2.24, 2.45) is 0 Å². The Morgan fingerprint density at radius 2 is 0.519 bits per heavy atom. The van der Waals surface area contributed by atoms with Crippen molar-refractivity contribution in [3.63, 3.8) is 0 Å². The maximum atomic E-state index is 3.91. The minimum Gasteiger partial charge on any atom is -0.0885 e. The summed E-state index contributed by atoms with van der Waals surface area (Å²) in [6.07, 6.45) is 36.7. The smallest absolute Gasteiger partial charge is 0.0351 e. The van der Waals surface area contributed by atoms with E-state index < -0.39 is 0 Å². The number of hydrogen-bond acceptors (Lipinski definition) is 0. The highest BCUT2D eigenvalue weighted by Crippen LogP contribution is 2.13. The Morgan fingerprint density at radius 3 is 0.778 bits per heavy atom. The van der Waals surface area contributed by atoms with Gasteiger partial charge in [-0.05, 0) is 25.7 Å².